The molecule has 55 heavy (non-hydrogen) atoms. The zero-order valence-electron chi connectivity index (χ0n) is 34.6. The highest BCUT2D eigenvalue weighted by Crippen LogP contribution is 2.43. The van der Waals surface area contributed by atoms with E-state index in [1.54, 1.807) is 0 Å². The van der Waals surface area contributed by atoms with Crippen LogP contribution in [-0.2, 0) is 32.7 Å². The van der Waals surface area contributed by atoms with Gasteiger partial charge in [-0.15, -0.1) is 0 Å². The summed E-state index contributed by atoms with van der Waals surface area (Å²) in [7, 11) is -4.63. The van der Waals surface area contributed by atoms with Crippen molar-refractivity contribution in [3.8, 4) is 0 Å². The minimum absolute atomic E-state index is 0.156. The van der Waals surface area contributed by atoms with E-state index in [1.165, 1.54) is 64.2 Å². The summed E-state index contributed by atoms with van der Waals surface area (Å²) in [6.07, 6.45) is 42.1. The molecule has 0 spiro atoms. The molecule has 10 nitrogen and oxygen atoms in total. The Morgan fingerprint density at radius 2 is 0.945 bits per heavy atom. The van der Waals surface area contributed by atoms with Gasteiger partial charge in [0.1, 0.15) is 12.7 Å². The molecule has 0 aliphatic carbocycles. The third-order valence-electron chi connectivity index (χ3n) is 8.96. The summed E-state index contributed by atoms with van der Waals surface area (Å²) in [6.45, 7) is 2.31. The molecule has 0 aromatic carbocycles. The zero-order chi connectivity index (χ0) is 40.5. The minimum atomic E-state index is -4.63. The lowest BCUT2D eigenvalue weighted by Crippen LogP contribution is -2.29. The predicted octanol–water partition coefficient (Wildman–Crippen LogP) is 11.3. The van der Waals surface area contributed by atoms with E-state index in [-0.39, 0.29) is 19.4 Å². The van der Waals surface area contributed by atoms with Crippen molar-refractivity contribution in [2.75, 3.05) is 26.4 Å². The van der Waals surface area contributed by atoms with E-state index in [1.807, 2.05) is 0 Å². The molecule has 320 valence electrons. The number of hydrogen-bond donors (Lipinski definition) is 3. The van der Waals surface area contributed by atoms with Crippen LogP contribution in [0.1, 0.15) is 181 Å². The standard InChI is InChI=1S/C44H79O10P/c1-3-5-7-9-11-13-15-17-19-20-22-24-26-28-30-32-34-36-44(48)54-42(40-53-55(49,50)52-38-41(46)37-45)39-51-43(47)35-33-31-29-27-25-23-21-18-16-14-12-10-8-6-4-2/h11,13,17-19,21-22,24,41-42,45-46H,3-10,12,14-16,20,23,25-40H2,1-2H3,(H,49,50)/b13-11+,19-17+,21-18+,24-22+/t41-,42+/m0/s1. The molecule has 3 atom stereocenters. The van der Waals surface area contributed by atoms with Gasteiger partial charge in [-0.3, -0.25) is 18.6 Å². The van der Waals surface area contributed by atoms with Crippen LogP contribution in [0.25, 0.3) is 0 Å². The van der Waals surface area contributed by atoms with Crippen molar-refractivity contribution in [1.82, 2.24) is 0 Å². The van der Waals surface area contributed by atoms with Crippen LogP contribution in [0.2, 0.25) is 0 Å². The topological polar surface area (TPSA) is 149 Å². The molecule has 0 rings (SSSR count). The number of rotatable bonds is 40. The molecule has 0 radical (unpaired) electrons. The van der Waals surface area contributed by atoms with Gasteiger partial charge in [0.05, 0.1) is 19.8 Å². The first-order valence-corrected chi connectivity index (χ1v) is 23.1. The molecule has 0 aromatic heterocycles. The summed E-state index contributed by atoms with van der Waals surface area (Å²) in [5.41, 5.74) is 0. The van der Waals surface area contributed by atoms with Crippen LogP contribution in [0, 0.1) is 0 Å². The van der Waals surface area contributed by atoms with E-state index < -0.39 is 51.8 Å². The Morgan fingerprint density at radius 3 is 1.47 bits per heavy atom. The van der Waals surface area contributed by atoms with E-state index >= 15 is 0 Å². The van der Waals surface area contributed by atoms with Crippen LogP contribution >= 0.6 is 7.82 Å². The molecule has 0 fully saturated rings. The smallest absolute Gasteiger partial charge is 0.462 e. The first kappa shape index (κ1) is 52.9. The summed E-state index contributed by atoms with van der Waals surface area (Å²) in [4.78, 5) is 35.0. The maximum atomic E-state index is 12.6. The van der Waals surface area contributed by atoms with E-state index in [9.17, 15) is 24.2 Å². The summed E-state index contributed by atoms with van der Waals surface area (Å²) in [6, 6.07) is 0. The van der Waals surface area contributed by atoms with Crippen molar-refractivity contribution in [3.63, 3.8) is 0 Å². The highest BCUT2D eigenvalue weighted by Gasteiger charge is 2.27. The molecule has 0 aromatic rings. The maximum absolute atomic E-state index is 12.6. The van der Waals surface area contributed by atoms with Gasteiger partial charge in [-0.2, -0.15) is 0 Å². The Balaban J connectivity index is 4.37. The van der Waals surface area contributed by atoms with Crippen molar-refractivity contribution in [3.05, 3.63) is 48.6 Å². The van der Waals surface area contributed by atoms with E-state index in [0.29, 0.717) is 12.8 Å². The van der Waals surface area contributed by atoms with Gasteiger partial charge in [-0.1, -0.05) is 140 Å². The summed E-state index contributed by atoms with van der Waals surface area (Å²) < 4.78 is 32.7. The molecule has 0 bridgehead atoms. The third-order valence-corrected chi connectivity index (χ3v) is 9.91. The molecule has 3 N–H and O–H groups in total. The van der Waals surface area contributed by atoms with Gasteiger partial charge in [0.15, 0.2) is 6.10 Å². The van der Waals surface area contributed by atoms with E-state index in [0.717, 1.165) is 77.0 Å². The van der Waals surface area contributed by atoms with Crippen molar-refractivity contribution >= 4 is 19.8 Å². The molecule has 11 heteroatoms. The molecule has 0 amide bonds. The van der Waals surface area contributed by atoms with Crippen LogP contribution in [0.5, 0.6) is 0 Å². The Labute approximate surface area is 334 Å². The lowest BCUT2D eigenvalue weighted by atomic mass is 10.1. The summed E-state index contributed by atoms with van der Waals surface area (Å²) in [5.74, 6) is -0.961. The van der Waals surface area contributed by atoms with Gasteiger partial charge < -0.3 is 24.6 Å². The lowest BCUT2D eigenvalue weighted by Gasteiger charge is -2.20. The number of carbonyl (C=O) groups excluding carboxylic acids is 2. The second kappa shape index (κ2) is 40.1. The first-order chi connectivity index (χ1) is 26.7. The van der Waals surface area contributed by atoms with Crippen LogP contribution in [0.15, 0.2) is 48.6 Å². The number of phosphoric ester groups is 1. The SMILES string of the molecule is CCCCC/C=C/C/C=C/C/C=C/CCCCCCC(=O)O[C@H](COC(=O)CCCCCCC/C=C/CCCCCCCC)COP(=O)(O)OC[C@@H](O)CO. The van der Waals surface area contributed by atoms with Gasteiger partial charge in [-0.25, -0.2) is 4.57 Å². The predicted molar refractivity (Wildman–Crippen MR) is 224 cm³/mol. The largest absolute Gasteiger partial charge is 0.472 e. The Bertz CT molecular complexity index is 1060. The van der Waals surface area contributed by atoms with E-state index in [4.69, 9.17) is 19.1 Å². The van der Waals surface area contributed by atoms with Gasteiger partial charge in [-0.05, 0) is 77.0 Å². The first-order valence-electron chi connectivity index (χ1n) is 21.6. The molecule has 0 aliphatic rings. The maximum Gasteiger partial charge on any atom is 0.472 e. The van der Waals surface area contributed by atoms with Gasteiger partial charge in [0, 0.05) is 12.8 Å². The second-order valence-corrected chi connectivity index (χ2v) is 15.8. The highest BCUT2D eigenvalue weighted by molar-refractivity contribution is 7.47. The lowest BCUT2D eigenvalue weighted by molar-refractivity contribution is -0.161. The number of ether oxygens (including phenoxy) is 2. The Kier molecular flexibility index (Phi) is 38.6. The quantitative estimate of drug-likeness (QED) is 0.0237. The fraction of sp³-hybridized carbons (Fsp3) is 0.773. The Hall–Kier alpha value is -2.07. The highest BCUT2D eigenvalue weighted by atomic mass is 31.2. The normalized spacial score (nSPS) is 14.3. The van der Waals surface area contributed by atoms with Crippen molar-refractivity contribution in [2.24, 2.45) is 0 Å². The average molecular weight is 799 g/mol. The van der Waals surface area contributed by atoms with Crippen molar-refractivity contribution < 1.29 is 47.8 Å². The third kappa shape index (κ3) is 39.9. The van der Waals surface area contributed by atoms with Gasteiger partial charge >= 0.3 is 19.8 Å². The molecule has 1 unspecified atom stereocenters. The number of unbranched alkanes of at least 4 members (excludes halogenated alkanes) is 18. The summed E-state index contributed by atoms with van der Waals surface area (Å²) in [5, 5.41) is 18.3. The fourth-order valence-corrected chi connectivity index (χ4v) is 6.37. The number of hydrogen-bond acceptors (Lipinski definition) is 9. The van der Waals surface area contributed by atoms with E-state index in [2.05, 4.69) is 67.0 Å². The fourth-order valence-electron chi connectivity index (χ4n) is 5.58. The zero-order valence-corrected chi connectivity index (χ0v) is 35.5. The van der Waals surface area contributed by atoms with Crippen LogP contribution in [-0.4, -0.2) is 65.7 Å². The number of carbonyl (C=O) groups is 2. The number of esters is 2. The van der Waals surface area contributed by atoms with Crippen LogP contribution < -0.4 is 0 Å². The minimum Gasteiger partial charge on any atom is -0.462 e. The molecule has 0 aliphatic heterocycles. The Morgan fingerprint density at radius 1 is 0.545 bits per heavy atom. The molecule has 0 heterocycles. The number of phosphoric acid groups is 1. The average Bonchev–Trinajstić information content (AvgIpc) is 3.17. The second-order valence-electron chi connectivity index (χ2n) is 14.4. The molecule has 0 saturated heterocycles. The summed E-state index contributed by atoms with van der Waals surface area (Å²) >= 11 is 0. The number of aliphatic hydroxyl groups is 2. The molecular formula is C44H79O10P. The van der Waals surface area contributed by atoms with Crippen LogP contribution in [0.4, 0.5) is 0 Å². The monoisotopic (exact) mass is 799 g/mol. The van der Waals surface area contributed by atoms with Gasteiger partial charge in [0.25, 0.3) is 0 Å². The number of aliphatic hydroxyl groups excluding tert-OH is 2. The van der Waals surface area contributed by atoms with Crippen molar-refractivity contribution in [2.45, 2.75) is 193 Å². The molecule has 0 saturated carbocycles. The van der Waals surface area contributed by atoms with Gasteiger partial charge in [0.2, 0.25) is 0 Å². The van der Waals surface area contributed by atoms with Crippen LogP contribution in [0.3, 0.4) is 0 Å². The van der Waals surface area contributed by atoms with Crippen molar-refractivity contribution in [1.29, 1.82) is 0 Å². The number of allylic oxidation sites excluding steroid dienone is 8. The molecular weight excluding hydrogens is 719 g/mol.